The van der Waals surface area contributed by atoms with Crippen LogP contribution >= 0.6 is 11.8 Å². The van der Waals surface area contributed by atoms with Crippen LogP contribution in [0.25, 0.3) is 0 Å². The normalized spacial score (nSPS) is 12.3. The highest BCUT2D eigenvalue weighted by Crippen LogP contribution is 2.27. The second-order valence-electron chi connectivity index (χ2n) is 4.62. The van der Waals surface area contributed by atoms with Crippen molar-refractivity contribution in [2.45, 2.75) is 24.8 Å². The first-order valence-electron chi connectivity index (χ1n) is 6.73. The number of thioether (sulfide) groups is 1. The summed E-state index contributed by atoms with van der Waals surface area (Å²) in [5.74, 6) is 0.565. The van der Waals surface area contributed by atoms with Crippen molar-refractivity contribution < 1.29 is 4.39 Å². The van der Waals surface area contributed by atoms with Gasteiger partial charge in [0.2, 0.25) is 0 Å². The van der Waals surface area contributed by atoms with Gasteiger partial charge < -0.3 is 5.32 Å². The van der Waals surface area contributed by atoms with Crippen molar-refractivity contribution in [3.8, 4) is 0 Å². The van der Waals surface area contributed by atoms with Crippen molar-refractivity contribution in [1.29, 1.82) is 0 Å². The number of pyridine rings is 1. The van der Waals surface area contributed by atoms with Crippen molar-refractivity contribution >= 4 is 11.8 Å². The Kier molecular flexibility index (Phi) is 5.56. The van der Waals surface area contributed by atoms with Gasteiger partial charge in [0.15, 0.2) is 0 Å². The van der Waals surface area contributed by atoms with Crippen molar-refractivity contribution in [3.05, 3.63) is 59.7 Å². The second kappa shape index (κ2) is 7.41. The van der Waals surface area contributed by atoms with Crippen LogP contribution in [0.3, 0.4) is 0 Å². The van der Waals surface area contributed by atoms with E-state index in [-0.39, 0.29) is 11.9 Å². The monoisotopic (exact) mass is 290 g/mol. The number of rotatable bonds is 6. The molecule has 1 heterocycles. The molecule has 106 valence electrons. The van der Waals surface area contributed by atoms with E-state index in [2.05, 4.69) is 36.3 Å². The molecule has 0 aliphatic carbocycles. The third-order valence-electron chi connectivity index (χ3n) is 3.08. The van der Waals surface area contributed by atoms with E-state index in [0.717, 1.165) is 17.9 Å². The number of aromatic nitrogens is 1. The second-order valence-corrected chi connectivity index (χ2v) is 5.69. The molecule has 1 unspecified atom stereocenters. The fourth-order valence-corrected chi connectivity index (χ4v) is 3.16. The molecule has 1 N–H and O–H groups in total. The summed E-state index contributed by atoms with van der Waals surface area (Å²) in [7, 11) is 0. The molecule has 4 heteroatoms. The van der Waals surface area contributed by atoms with Crippen LogP contribution in [0.2, 0.25) is 0 Å². The molecule has 1 atom stereocenters. The number of halogens is 1. The van der Waals surface area contributed by atoms with Crippen LogP contribution in [0, 0.1) is 12.7 Å². The standard InChI is InChI=1S/C16H19FN2S/c1-3-19-15(13-8-14(17)10-18-9-13)11-20-16-7-5-4-6-12(16)2/h4-10,15,19H,3,11H2,1-2H3. The van der Waals surface area contributed by atoms with Gasteiger partial charge in [-0.3, -0.25) is 4.98 Å². The molecular formula is C16H19FN2S. The predicted octanol–water partition coefficient (Wildman–Crippen LogP) is 3.97. The third kappa shape index (κ3) is 4.05. The van der Waals surface area contributed by atoms with Gasteiger partial charge in [-0.15, -0.1) is 11.8 Å². The van der Waals surface area contributed by atoms with Crippen LogP contribution in [-0.2, 0) is 0 Å². The SMILES string of the molecule is CCNC(CSc1ccccc1C)c1cncc(F)c1. The Labute approximate surface area is 123 Å². The first-order valence-corrected chi connectivity index (χ1v) is 7.71. The quantitative estimate of drug-likeness (QED) is 0.815. The van der Waals surface area contributed by atoms with Gasteiger partial charge in [-0.2, -0.15) is 0 Å². The molecule has 0 amide bonds. The first-order chi connectivity index (χ1) is 9.70. The molecule has 0 saturated heterocycles. The van der Waals surface area contributed by atoms with Gasteiger partial charge in [-0.25, -0.2) is 4.39 Å². The van der Waals surface area contributed by atoms with Gasteiger partial charge in [0.05, 0.1) is 6.20 Å². The highest BCUT2D eigenvalue weighted by molar-refractivity contribution is 7.99. The van der Waals surface area contributed by atoms with Crippen molar-refractivity contribution in [3.63, 3.8) is 0 Å². The van der Waals surface area contributed by atoms with Crippen LogP contribution in [0.1, 0.15) is 24.1 Å². The maximum atomic E-state index is 13.3. The Balaban J connectivity index is 2.08. The summed E-state index contributed by atoms with van der Waals surface area (Å²) in [5, 5.41) is 3.39. The average molecular weight is 290 g/mol. The molecule has 2 rings (SSSR count). The van der Waals surface area contributed by atoms with Crippen LogP contribution < -0.4 is 5.32 Å². The topological polar surface area (TPSA) is 24.9 Å². The maximum Gasteiger partial charge on any atom is 0.141 e. The van der Waals surface area contributed by atoms with E-state index in [9.17, 15) is 4.39 Å². The molecule has 2 aromatic rings. The number of hydrogen-bond donors (Lipinski definition) is 1. The van der Waals surface area contributed by atoms with E-state index < -0.39 is 0 Å². The minimum Gasteiger partial charge on any atom is -0.309 e. The van der Waals surface area contributed by atoms with Gasteiger partial charge in [0.1, 0.15) is 5.82 Å². The minimum atomic E-state index is -0.286. The lowest BCUT2D eigenvalue weighted by Gasteiger charge is -2.18. The Morgan fingerprint density at radius 1 is 1.30 bits per heavy atom. The Morgan fingerprint density at radius 3 is 2.80 bits per heavy atom. The van der Waals surface area contributed by atoms with Gasteiger partial charge in [-0.1, -0.05) is 25.1 Å². The van der Waals surface area contributed by atoms with Crippen molar-refractivity contribution in [2.75, 3.05) is 12.3 Å². The van der Waals surface area contributed by atoms with Crippen LogP contribution in [0.4, 0.5) is 4.39 Å². The van der Waals surface area contributed by atoms with E-state index >= 15 is 0 Å². The van der Waals surface area contributed by atoms with Crippen LogP contribution in [0.5, 0.6) is 0 Å². The van der Waals surface area contributed by atoms with Crippen molar-refractivity contribution in [1.82, 2.24) is 10.3 Å². The van der Waals surface area contributed by atoms with E-state index in [1.54, 1.807) is 24.0 Å². The highest BCUT2D eigenvalue weighted by Gasteiger charge is 2.12. The van der Waals surface area contributed by atoms with Crippen molar-refractivity contribution in [2.24, 2.45) is 0 Å². The predicted molar refractivity (Wildman–Crippen MR) is 82.5 cm³/mol. The van der Waals surface area contributed by atoms with E-state index in [1.165, 1.54) is 16.7 Å². The number of hydrogen-bond acceptors (Lipinski definition) is 3. The summed E-state index contributed by atoms with van der Waals surface area (Å²) in [6.45, 7) is 5.00. The van der Waals surface area contributed by atoms with Crippen LogP contribution in [-0.4, -0.2) is 17.3 Å². The van der Waals surface area contributed by atoms with Crippen LogP contribution in [0.15, 0.2) is 47.6 Å². The van der Waals surface area contributed by atoms with Gasteiger partial charge >= 0.3 is 0 Å². The maximum absolute atomic E-state index is 13.3. The van der Waals surface area contributed by atoms with Gasteiger partial charge in [0, 0.05) is 22.9 Å². The van der Waals surface area contributed by atoms with Gasteiger partial charge in [0.25, 0.3) is 0 Å². The summed E-state index contributed by atoms with van der Waals surface area (Å²) >= 11 is 1.78. The molecule has 1 aromatic carbocycles. The summed E-state index contributed by atoms with van der Waals surface area (Å²) in [6.07, 6.45) is 2.97. The highest BCUT2D eigenvalue weighted by atomic mass is 32.2. The first kappa shape index (κ1) is 15.0. The smallest absolute Gasteiger partial charge is 0.141 e. The largest absolute Gasteiger partial charge is 0.309 e. The average Bonchev–Trinajstić information content (AvgIpc) is 2.45. The fraction of sp³-hybridized carbons (Fsp3) is 0.312. The molecule has 20 heavy (non-hydrogen) atoms. The summed E-state index contributed by atoms with van der Waals surface area (Å²) in [6, 6.07) is 9.96. The Bertz CT molecular complexity index is 560. The molecular weight excluding hydrogens is 271 g/mol. The lowest BCUT2D eigenvalue weighted by Crippen LogP contribution is -2.23. The summed E-state index contributed by atoms with van der Waals surface area (Å²) in [5.41, 5.74) is 2.16. The molecule has 0 spiro atoms. The zero-order valence-electron chi connectivity index (χ0n) is 11.8. The molecule has 0 radical (unpaired) electrons. The number of nitrogens with zero attached hydrogens (tertiary/aromatic N) is 1. The molecule has 0 fully saturated rings. The van der Waals surface area contributed by atoms with E-state index in [0.29, 0.717) is 0 Å². The summed E-state index contributed by atoms with van der Waals surface area (Å²) < 4.78 is 13.3. The number of benzene rings is 1. The molecule has 2 nitrogen and oxygen atoms in total. The Morgan fingerprint density at radius 2 is 2.10 bits per heavy atom. The molecule has 0 bridgehead atoms. The Hall–Kier alpha value is -1.39. The fourth-order valence-electron chi connectivity index (χ4n) is 2.03. The minimum absolute atomic E-state index is 0.104. The zero-order chi connectivity index (χ0) is 14.4. The third-order valence-corrected chi connectivity index (χ3v) is 4.35. The molecule has 0 aliphatic rings. The van der Waals surface area contributed by atoms with E-state index in [4.69, 9.17) is 0 Å². The zero-order valence-corrected chi connectivity index (χ0v) is 12.6. The molecule has 1 aromatic heterocycles. The van der Waals surface area contributed by atoms with Gasteiger partial charge in [-0.05, 0) is 36.7 Å². The van der Waals surface area contributed by atoms with E-state index in [1.807, 2.05) is 12.1 Å². The summed E-state index contributed by atoms with van der Waals surface area (Å²) in [4.78, 5) is 5.20. The molecule has 0 aliphatic heterocycles. The lowest BCUT2D eigenvalue weighted by atomic mass is 10.1. The molecule has 0 saturated carbocycles. The lowest BCUT2D eigenvalue weighted by molar-refractivity contribution is 0.582. The number of nitrogens with one attached hydrogen (secondary N) is 1. The number of aryl methyl sites for hydroxylation is 1.